The summed E-state index contributed by atoms with van der Waals surface area (Å²) in [6, 6.07) is 20.8. The molecule has 0 unspecified atom stereocenters. The normalized spacial score (nSPS) is 13.2. The van der Waals surface area contributed by atoms with Gasteiger partial charge in [0, 0.05) is 30.8 Å². The van der Waals surface area contributed by atoms with Crippen LogP contribution in [0.1, 0.15) is 32.7 Å². The van der Waals surface area contributed by atoms with Crippen molar-refractivity contribution in [2.24, 2.45) is 12.1 Å². The van der Waals surface area contributed by atoms with Gasteiger partial charge in [0.1, 0.15) is 7.05 Å². The van der Waals surface area contributed by atoms with E-state index < -0.39 is 0 Å². The Balaban J connectivity index is 1.45. The summed E-state index contributed by atoms with van der Waals surface area (Å²) in [4.78, 5) is 26.4. The third kappa shape index (κ3) is 4.12. The van der Waals surface area contributed by atoms with E-state index >= 15 is 0 Å². The summed E-state index contributed by atoms with van der Waals surface area (Å²) in [6.45, 7) is 0.931. The number of hydrogen-bond donors (Lipinski definition) is 0. The Hall–Kier alpha value is -3.80. The van der Waals surface area contributed by atoms with Crippen LogP contribution in [0.5, 0.6) is 0 Å². The topological polar surface area (TPSA) is 56.9 Å². The highest BCUT2D eigenvalue weighted by Gasteiger charge is 2.34. The van der Waals surface area contributed by atoms with Gasteiger partial charge in [-0.1, -0.05) is 30.3 Å². The van der Waals surface area contributed by atoms with Crippen LogP contribution in [0.25, 0.3) is 0 Å². The van der Waals surface area contributed by atoms with E-state index in [9.17, 15) is 9.59 Å². The molecule has 0 atom stereocenters. The number of fused-ring (bicyclic) bond motifs is 1. The first-order chi connectivity index (χ1) is 14.6. The molecule has 0 fully saturated rings. The fourth-order valence-electron chi connectivity index (χ4n) is 3.41. The first-order valence-electron chi connectivity index (χ1n) is 9.90. The van der Waals surface area contributed by atoms with E-state index in [1.54, 1.807) is 24.3 Å². The number of imide groups is 1. The number of anilines is 1. The summed E-state index contributed by atoms with van der Waals surface area (Å²) in [6.07, 6.45) is 6.36. The number of hydrogen-bond acceptors (Lipinski definition) is 4. The van der Waals surface area contributed by atoms with Gasteiger partial charge in [0.25, 0.3) is 11.8 Å². The average molecular weight is 399 g/mol. The summed E-state index contributed by atoms with van der Waals surface area (Å²) < 4.78 is 1.97. The molecule has 0 N–H and O–H groups in total. The number of nitrogens with zero attached hydrogens (tertiary/aromatic N) is 4. The third-order valence-corrected chi connectivity index (χ3v) is 5.03. The molecule has 0 aliphatic carbocycles. The van der Waals surface area contributed by atoms with Crippen molar-refractivity contribution in [2.45, 2.75) is 6.42 Å². The lowest BCUT2D eigenvalue weighted by Crippen LogP contribution is -2.32. The predicted molar refractivity (Wildman–Crippen MR) is 115 cm³/mol. The minimum Gasteiger partial charge on any atom is -0.274 e. The van der Waals surface area contributed by atoms with E-state index in [-0.39, 0.29) is 11.8 Å². The predicted octanol–water partition coefficient (Wildman–Crippen LogP) is 3.04. The number of carbonyl (C=O) groups excluding carboxylic acids is 2. The zero-order valence-corrected chi connectivity index (χ0v) is 16.8. The molecule has 150 valence electrons. The van der Waals surface area contributed by atoms with Gasteiger partial charge >= 0.3 is 0 Å². The number of para-hydroxylation sites is 1. The number of hydrazone groups is 1. The molecule has 2 heterocycles. The number of aromatic nitrogens is 1. The summed E-state index contributed by atoms with van der Waals surface area (Å²) in [5, 5.41) is 6.54. The van der Waals surface area contributed by atoms with E-state index in [0.717, 1.165) is 11.3 Å². The van der Waals surface area contributed by atoms with Crippen LogP contribution in [0.3, 0.4) is 0 Å². The lowest BCUT2D eigenvalue weighted by molar-refractivity contribution is -0.671. The molecule has 2 aromatic carbocycles. The van der Waals surface area contributed by atoms with E-state index in [4.69, 9.17) is 0 Å². The highest BCUT2D eigenvalue weighted by Crippen LogP contribution is 2.23. The molecule has 0 saturated heterocycles. The van der Waals surface area contributed by atoms with E-state index in [1.807, 2.05) is 77.7 Å². The molecule has 1 aromatic heterocycles. The molecule has 6 nitrogen and oxygen atoms in total. The maximum absolute atomic E-state index is 12.6. The van der Waals surface area contributed by atoms with Crippen molar-refractivity contribution in [3.63, 3.8) is 0 Å². The van der Waals surface area contributed by atoms with Crippen molar-refractivity contribution in [1.82, 2.24) is 4.90 Å². The first kappa shape index (κ1) is 19.5. The Morgan fingerprint density at radius 2 is 1.50 bits per heavy atom. The molecule has 0 radical (unpaired) electrons. The zero-order chi connectivity index (χ0) is 20.9. The third-order valence-electron chi connectivity index (χ3n) is 5.03. The molecule has 3 aromatic rings. The smallest absolute Gasteiger partial charge is 0.261 e. The molecule has 0 bridgehead atoms. The molecule has 30 heavy (non-hydrogen) atoms. The van der Waals surface area contributed by atoms with E-state index in [2.05, 4.69) is 5.10 Å². The molecule has 4 rings (SSSR count). The largest absolute Gasteiger partial charge is 0.274 e. The van der Waals surface area contributed by atoms with Crippen LogP contribution in [0.2, 0.25) is 0 Å². The number of carbonyl (C=O) groups is 2. The molecule has 2 amide bonds. The van der Waals surface area contributed by atoms with Crippen molar-refractivity contribution in [3.8, 4) is 0 Å². The Morgan fingerprint density at radius 1 is 0.900 bits per heavy atom. The van der Waals surface area contributed by atoms with Crippen LogP contribution in [-0.2, 0) is 7.05 Å². The van der Waals surface area contributed by atoms with Gasteiger partial charge < -0.3 is 0 Å². The summed E-state index contributed by atoms with van der Waals surface area (Å²) in [5.74, 6) is -0.440. The second-order valence-electron chi connectivity index (χ2n) is 7.16. The summed E-state index contributed by atoms with van der Waals surface area (Å²) in [7, 11) is 1.97. The van der Waals surface area contributed by atoms with Gasteiger partial charge in [-0.25, -0.2) is 4.57 Å². The Kier molecular flexibility index (Phi) is 5.66. The number of aryl methyl sites for hydroxylation is 1. The zero-order valence-electron chi connectivity index (χ0n) is 16.8. The minimum absolute atomic E-state index is 0.220. The van der Waals surface area contributed by atoms with Gasteiger partial charge in [-0.2, -0.15) is 5.10 Å². The molecule has 0 spiro atoms. The average Bonchev–Trinajstić information content (AvgIpc) is 3.03. The van der Waals surface area contributed by atoms with Gasteiger partial charge in [0.15, 0.2) is 12.4 Å². The van der Waals surface area contributed by atoms with Gasteiger partial charge in [-0.3, -0.25) is 19.5 Å². The lowest BCUT2D eigenvalue weighted by Gasteiger charge is -2.21. The molecular weight excluding hydrogens is 376 g/mol. The van der Waals surface area contributed by atoms with Gasteiger partial charge in [-0.05, 0) is 30.7 Å². The molecule has 0 saturated carbocycles. The van der Waals surface area contributed by atoms with Crippen LogP contribution in [-0.4, -0.2) is 36.0 Å². The number of benzene rings is 2. The fraction of sp³-hybridized carbons (Fsp3) is 0.167. The minimum atomic E-state index is -0.220. The SMILES string of the molecule is C[n+]1ccc(/C=N/N(CCCN2C(=O)c3ccccc3C2=O)c2ccccc2)cc1. The Labute approximate surface area is 175 Å². The summed E-state index contributed by atoms with van der Waals surface area (Å²) >= 11 is 0. The van der Waals surface area contributed by atoms with Crippen molar-refractivity contribution >= 4 is 23.7 Å². The maximum Gasteiger partial charge on any atom is 0.261 e. The molecular formula is C24H23N4O2+. The van der Waals surface area contributed by atoms with Gasteiger partial charge in [0.2, 0.25) is 0 Å². The van der Waals surface area contributed by atoms with Crippen LogP contribution in [0.15, 0.2) is 84.2 Å². The van der Waals surface area contributed by atoms with Crippen molar-refractivity contribution < 1.29 is 14.2 Å². The second-order valence-corrected chi connectivity index (χ2v) is 7.16. The number of rotatable bonds is 7. The van der Waals surface area contributed by atoms with Crippen molar-refractivity contribution in [3.05, 3.63) is 95.8 Å². The highest BCUT2D eigenvalue weighted by atomic mass is 16.2. The van der Waals surface area contributed by atoms with Crippen LogP contribution >= 0.6 is 0 Å². The standard InChI is InChI=1S/C24H23N4O2/c1-26-16-12-19(13-17-26)18-25-28(20-8-3-2-4-9-20)15-7-14-27-23(29)21-10-5-6-11-22(21)24(27)30/h2-6,8-13,16-18H,7,14-15H2,1H3/q+1. The van der Waals surface area contributed by atoms with Crippen LogP contribution in [0.4, 0.5) is 5.69 Å². The fourth-order valence-corrected chi connectivity index (χ4v) is 3.41. The van der Waals surface area contributed by atoms with Crippen molar-refractivity contribution in [2.75, 3.05) is 18.1 Å². The van der Waals surface area contributed by atoms with E-state index in [0.29, 0.717) is 30.6 Å². The number of amides is 2. The molecule has 1 aliphatic rings. The summed E-state index contributed by atoms with van der Waals surface area (Å²) in [5.41, 5.74) is 2.92. The monoisotopic (exact) mass is 399 g/mol. The number of pyridine rings is 1. The quantitative estimate of drug-likeness (QED) is 0.266. The van der Waals surface area contributed by atoms with Gasteiger partial charge in [-0.15, -0.1) is 0 Å². The Bertz CT molecular complexity index is 1040. The maximum atomic E-state index is 12.6. The Morgan fingerprint density at radius 3 is 2.13 bits per heavy atom. The highest BCUT2D eigenvalue weighted by molar-refractivity contribution is 6.21. The van der Waals surface area contributed by atoms with Crippen LogP contribution in [0, 0.1) is 0 Å². The molecule has 1 aliphatic heterocycles. The van der Waals surface area contributed by atoms with E-state index in [1.165, 1.54) is 4.90 Å². The van der Waals surface area contributed by atoms with Crippen molar-refractivity contribution in [1.29, 1.82) is 0 Å². The lowest BCUT2D eigenvalue weighted by atomic mass is 10.1. The van der Waals surface area contributed by atoms with Gasteiger partial charge in [0.05, 0.1) is 23.0 Å². The van der Waals surface area contributed by atoms with Crippen LogP contribution < -0.4 is 9.58 Å². The second kappa shape index (κ2) is 8.69. The first-order valence-corrected chi connectivity index (χ1v) is 9.90. The molecule has 6 heteroatoms.